The summed E-state index contributed by atoms with van der Waals surface area (Å²) in [4.78, 5) is 35.6. The highest BCUT2D eigenvalue weighted by atomic mass is 32.2. The van der Waals surface area contributed by atoms with Crippen LogP contribution in [0.15, 0.2) is 39.8 Å². The number of benzene rings is 1. The molecule has 0 aliphatic carbocycles. The van der Waals surface area contributed by atoms with Gasteiger partial charge in [-0.2, -0.15) is 0 Å². The Morgan fingerprint density at radius 3 is 2.43 bits per heavy atom. The topological polar surface area (TPSA) is 171 Å². The number of esters is 1. The summed E-state index contributed by atoms with van der Waals surface area (Å²) in [6.45, 7) is 3.07. The van der Waals surface area contributed by atoms with Crippen LogP contribution in [0.4, 0.5) is 11.5 Å². The number of rotatable bonds is 9. The van der Waals surface area contributed by atoms with Crippen LogP contribution in [0, 0.1) is 6.92 Å². The Hall–Kier alpha value is -2.90. The number of nitrogens with two attached hydrogens (primary N) is 1. The van der Waals surface area contributed by atoms with Crippen LogP contribution < -0.4 is 15.8 Å². The summed E-state index contributed by atoms with van der Waals surface area (Å²) < 4.78 is 32.3. The predicted octanol–water partition coefficient (Wildman–Crippen LogP) is 0.873. The van der Waals surface area contributed by atoms with Crippen LogP contribution in [-0.4, -0.2) is 49.0 Å². The molecule has 0 spiro atoms. The Bertz CT molecular complexity index is 1020. The molecule has 162 valence electrons. The highest BCUT2D eigenvalue weighted by Gasteiger charge is 2.19. The number of amides is 2. The Morgan fingerprint density at radius 2 is 1.87 bits per heavy atom. The van der Waals surface area contributed by atoms with Crippen molar-refractivity contribution in [2.24, 2.45) is 5.14 Å². The van der Waals surface area contributed by atoms with Gasteiger partial charge < -0.3 is 19.9 Å². The number of nitrogens with one attached hydrogen (secondary N) is 2. The number of anilines is 2. The zero-order valence-corrected chi connectivity index (χ0v) is 17.7. The molecule has 1 heterocycles. The van der Waals surface area contributed by atoms with Crippen molar-refractivity contribution in [1.29, 1.82) is 0 Å². The van der Waals surface area contributed by atoms with E-state index in [0.717, 1.165) is 11.8 Å². The third-order valence-electron chi connectivity index (χ3n) is 3.48. The highest BCUT2D eigenvalue weighted by molar-refractivity contribution is 8.00. The van der Waals surface area contributed by atoms with Crippen LogP contribution in [-0.2, 0) is 29.1 Å². The number of ether oxygens (including phenoxy) is 1. The minimum atomic E-state index is -3.83. The van der Waals surface area contributed by atoms with Crippen LogP contribution in [0.3, 0.4) is 0 Å². The van der Waals surface area contributed by atoms with Gasteiger partial charge in [0.1, 0.15) is 5.76 Å². The zero-order valence-electron chi connectivity index (χ0n) is 16.1. The molecule has 1 aromatic heterocycles. The number of carbonyl (C=O) groups is 3. The van der Waals surface area contributed by atoms with E-state index >= 15 is 0 Å². The van der Waals surface area contributed by atoms with E-state index in [0.29, 0.717) is 11.4 Å². The van der Waals surface area contributed by atoms with Crippen molar-refractivity contribution < 1.29 is 32.1 Å². The van der Waals surface area contributed by atoms with E-state index in [4.69, 9.17) is 14.4 Å². The number of nitrogens with zero attached hydrogens (tertiary/aromatic N) is 1. The van der Waals surface area contributed by atoms with E-state index in [1.807, 2.05) is 0 Å². The lowest BCUT2D eigenvalue weighted by atomic mass is 10.3. The summed E-state index contributed by atoms with van der Waals surface area (Å²) in [6, 6.07) is 6.75. The monoisotopic (exact) mass is 456 g/mol. The van der Waals surface area contributed by atoms with Gasteiger partial charge in [-0.15, -0.1) is 11.8 Å². The highest BCUT2D eigenvalue weighted by Crippen LogP contribution is 2.14. The fourth-order valence-corrected chi connectivity index (χ4v) is 3.20. The van der Waals surface area contributed by atoms with Crippen molar-refractivity contribution in [1.82, 2.24) is 5.16 Å². The Morgan fingerprint density at radius 1 is 1.20 bits per heavy atom. The van der Waals surface area contributed by atoms with Gasteiger partial charge in [-0.25, -0.2) is 13.6 Å². The van der Waals surface area contributed by atoms with E-state index in [9.17, 15) is 22.8 Å². The fourth-order valence-electron chi connectivity index (χ4n) is 2.09. The van der Waals surface area contributed by atoms with Crippen LogP contribution in [0.5, 0.6) is 0 Å². The van der Waals surface area contributed by atoms with Crippen molar-refractivity contribution >= 4 is 51.1 Å². The molecule has 2 amide bonds. The molecule has 1 aromatic carbocycles. The van der Waals surface area contributed by atoms with Gasteiger partial charge in [0, 0.05) is 11.8 Å². The van der Waals surface area contributed by atoms with Crippen molar-refractivity contribution in [3.05, 3.63) is 36.1 Å². The first-order chi connectivity index (χ1) is 14.0. The Balaban J connectivity index is 1.72. The Kier molecular flexibility index (Phi) is 7.97. The van der Waals surface area contributed by atoms with Crippen LogP contribution in [0.1, 0.15) is 12.7 Å². The van der Waals surface area contributed by atoms with Crippen LogP contribution in [0.2, 0.25) is 0 Å². The van der Waals surface area contributed by atoms with Gasteiger partial charge in [0.15, 0.2) is 11.9 Å². The Labute approximate surface area is 176 Å². The molecule has 0 saturated carbocycles. The van der Waals surface area contributed by atoms with Crippen molar-refractivity contribution in [3.8, 4) is 0 Å². The minimum absolute atomic E-state index is 0.0159. The summed E-state index contributed by atoms with van der Waals surface area (Å²) in [6.07, 6.45) is -1.09. The van der Waals surface area contributed by atoms with E-state index in [2.05, 4.69) is 15.8 Å². The standard InChI is InChI=1S/C17H20N4O7S2/c1-10-7-14(21-28-10)20-15(22)8-29-9-16(23)27-11(2)17(24)19-12-3-5-13(6-4-12)30(18,25)26/h3-7,11H,8-9H2,1-2H3,(H,19,24)(H2,18,25,26)(H,20,21,22)/t11-/m0/s1. The van der Waals surface area contributed by atoms with Gasteiger partial charge in [-0.1, -0.05) is 5.16 Å². The molecular formula is C17H20N4O7S2. The average molecular weight is 457 g/mol. The molecule has 0 aliphatic heterocycles. The summed E-state index contributed by atoms with van der Waals surface area (Å²) in [5, 5.41) is 13.6. The van der Waals surface area contributed by atoms with Crippen molar-refractivity contribution in [2.75, 3.05) is 22.1 Å². The number of thioether (sulfide) groups is 1. The summed E-state index contributed by atoms with van der Waals surface area (Å²) in [5.41, 5.74) is 0.310. The van der Waals surface area contributed by atoms with Gasteiger partial charge in [-0.05, 0) is 38.1 Å². The lowest BCUT2D eigenvalue weighted by Crippen LogP contribution is -2.30. The molecule has 4 N–H and O–H groups in total. The number of carbonyl (C=O) groups excluding carboxylic acids is 3. The van der Waals surface area contributed by atoms with E-state index in [-0.39, 0.29) is 28.1 Å². The zero-order chi connectivity index (χ0) is 22.3. The summed E-state index contributed by atoms with van der Waals surface area (Å²) in [5.74, 6) is -0.954. The molecule has 0 unspecified atom stereocenters. The number of hydrogen-bond acceptors (Lipinski definition) is 9. The lowest BCUT2D eigenvalue weighted by molar-refractivity contribution is -0.150. The van der Waals surface area contributed by atoms with Gasteiger partial charge in [0.05, 0.1) is 16.4 Å². The van der Waals surface area contributed by atoms with Gasteiger partial charge in [0.2, 0.25) is 15.9 Å². The van der Waals surface area contributed by atoms with Crippen LogP contribution in [0.25, 0.3) is 0 Å². The second-order valence-electron chi connectivity index (χ2n) is 6.05. The maximum absolute atomic E-state index is 12.1. The maximum Gasteiger partial charge on any atom is 0.316 e. The van der Waals surface area contributed by atoms with Gasteiger partial charge in [0.25, 0.3) is 5.91 Å². The summed E-state index contributed by atoms with van der Waals surface area (Å²) in [7, 11) is -3.83. The first kappa shape index (κ1) is 23.4. The SMILES string of the molecule is Cc1cc(NC(=O)CSCC(=O)O[C@@H](C)C(=O)Nc2ccc(S(N)(=O)=O)cc2)no1. The molecule has 1 atom stereocenters. The first-order valence-corrected chi connectivity index (χ1v) is 11.2. The number of sulfonamides is 1. The number of primary sulfonamides is 1. The fraction of sp³-hybridized carbons (Fsp3) is 0.294. The average Bonchev–Trinajstić information content (AvgIpc) is 3.05. The largest absolute Gasteiger partial charge is 0.452 e. The minimum Gasteiger partial charge on any atom is -0.452 e. The third-order valence-corrected chi connectivity index (χ3v) is 5.31. The number of aryl methyl sites for hydroxylation is 1. The quantitative estimate of drug-likeness (QED) is 0.463. The number of aromatic nitrogens is 1. The molecule has 2 rings (SSSR count). The molecule has 2 aromatic rings. The van der Waals surface area contributed by atoms with E-state index in [1.165, 1.54) is 31.2 Å². The predicted molar refractivity (Wildman–Crippen MR) is 109 cm³/mol. The molecule has 30 heavy (non-hydrogen) atoms. The molecule has 0 fully saturated rings. The molecule has 0 saturated heterocycles. The molecule has 13 heteroatoms. The first-order valence-electron chi connectivity index (χ1n) is 8.48. The normalized spacial score (nSPS) is 12.1. The number of hydrogen-bond donors (Lipinski definition) is 3. The molecule has 0 radical (unpaired) electrons. The third kappa shape index (κ3) is 7.50. The van der Waals surface area contributed by atoms with Crippen LogP contribution >= 0.6 is 11.8 Å². The van der Waals surface area contributed by atoms with Crippen molar-refractivity contribution in [3.63, 3.8) is 0 Å². The second kappa shape index (κ2) is 10.2. The molecule has 0 aliphatic rings. The van der Waals surface area contributed by atoms with Gasteiger partial charge >= 0.3 is 5.97 Å². The maximum atomic E-state index is 12.1. The summed E-state index contributed by atoms with van der Waals surface area (Å²) >= 11 is 1.01. The van der Waals surface area contributed by atoms with Gasteiger partial charge in [-0.3, -0.25) is 14.4 Å². The molecule has 11 nitrogen and oxygen atoms in total. The lowest BCUT2D eigenvalue weighted by Gasteiger charge is -2.13. The van der Waals surface area contributed by atoms with Crippen molar-refractivity contribution in [2.45, 2.75) is 24.8 Å². The van der Waals surface area contributed by atoms with E-state index < -0.39 is 28.0 Å². The molecular weight excluding hydrogens is 436 g/mol. The second-order valence-corrected chi connectivity index (χ2v) is 8.60. The smallest absolute Gasteiger partial charge is 0.316 e. The molecule has 0 bridgehead atoms. The van der Waals surface area contributed by atoms with E-state index in [1.54, 1.807) is 13.0 Å².